The average Bonchev–Trinajstić information content (AvgIpc) is 3.21. The van der Waals surface area contributed by atoms with Crippen molar-refractivity contribution >= 4 is 35.1 Å². The quantitative estimate of drug-likeness (QED) is 0.720. The predicted octanol–water partition coefficient (Wildman–Crippen LogP) is 3.65. The lowest BCUT2D eigenvalue weighted by atomic mass is 10.1. The molecular weight excluding hydrogens is 380 g/mol. The molecule has 1 N–H and O–H groups in total. The van der Waals surface area contributed by atoms with Crippen molar-refractivity contribution in [2.24, 2.45) is 0 Å². The van der Waals surface area contributed by atoms with Crippen LogP contribution >= 0.6 is 0 Å². The van der Waals surface area contributed by atoms with Gasteiger partial charge in [0.1, 0.15) is 0 Å². The van der Waals surface area contributed by atoms with Gasteiger partial charge in [0.05, 0.1) is 17.8 Å². The molecule has 1 aliphatic rings. The van der Waals surface area contributed by atoms with Crippen LogP contribution in [0.1, 0.15) is 28.5 Å². The first kappa shape index (κ1) is 19.7. The molecule has 3 aromatic rings. The van der Waals surface area contributed by atoms with Crippen LogP contribution in [0.4, 0.5) is 4.79 Å². The maximum atomic E-state index is 12.8. The number of benzene rings is 2. The third-order valence-electron chi connectivity index (χ3n) is 5.18. The summed E-state index contributed by atoms with van der Waals surface area (Å²) in [5.41, 5.74) is 3.51. The summed E-state index contributed by atoms with van der Waals surface area (Å²) in [5.74, 6) is -0.0210. The molecule has 0 spiro atoms. The van der Waals surface area contributed by atoms with E-state index in [2.05, 4.69) is 10.2 Å². The Morgan fingerprint density at radius 1 is 1.00 bits per heavy atom. The van der Waals surface area contributed by atoms with Crippen molar-refractivity contribution in [2.45, 2.75) is 6.92 Å². The number of carbonyl (C=O) groups is 2. The van der Waals surface area contributed by atoms with E-state index in [-0.39, 0.29) is 12.0 Å². The van der Waals surface area contributed by atoms with Crippen LogP contribution in [0, 0.1) is 0 Å². The number of fused-ring (bicyclic) bond motifs is 1. The fraction of sp³-hybridized carbons (Fsp3) is 0.261. The number of carbonyl (C=O) groups excluding carboxylic acids is 2. The number of nitrogens with zero attached hydrogens (tertiary/aromatic N) is 3. The van der Waals surface area contributed by atoms with Gasteiger partial charge in [-0.05, 0) is 36.8 Å². The number of hydrogen-bond acceptors (Lipinski definition) is 4. The number of aromatic nitrogens is 2. The van der Waals surface area contributed by atoms with E-state index in [1.807, 2.05) is 60.7 Å². The van der Waals surface area contributed by atoms with Gasteiger partial charge >= 0.3 is 6.09 Å². The number of piperazine rings is 1. The Morgan fingerprint density at radius 2 is 1.70 bits per heavy atom. The van der Waals surface area contributed by atoms with E-state index in [1.54, 1.807) is 16.7 Å². The Hall–Kier alpha value is -3.61. The number of rotatable bonds is 4. The second kappa shape index (κ2) is 8.82. The number of para-hydroxylation sites is 1. The number of aromatic amines is 1. The summed E-state index contributed by atoms with van der Waals surface area (Å²) < 4.78 is 5.02. The Kier molecular flexibility index (Phi) is 5.79. The topological polar surface area (TPSA) is 78.5 Å². The Bertz CT molecular complexity index is 1060. The molecular formula is C23H24N4O3. The highest BCUT2D eigenvalue weighted by atomic mass is 16.6. The first-order chi connectivity index (χ1) is 14.7. The van der Waals surface area contributed by atoms with Crippen molar-refractivity contribution in [2.75, 3.05) is 32.8 Å². The molecule has 0 saturated carbocycles. The zero-order valence-electron chi connectivity index (χ0n) is 16.9. The van der Waals surface area contributed by atoms with Crippen molar-refractivity contribution in [3.63, 3.8) is 0 Å². The van der Waals surface area contributed by atoms with Crippen LogP contribution in [0.2, 0.25) is 0 Å². The van der Waals surface area contributed by atoms with Crippen molar-refractivity contribution < 1.29 is 14.3 Å². The highest BCUT2D eigenvalue weighted by Gasteiger charge is 2.25. The van der Waals surface area contributed by atoms with Crippen LogP contribution < -0.4 is 0 Å². The molecule has 0 bridgehead atoms. The molecule has 0 atom stereocenters. The third-order valence-corrected chi connectivity index (χ3v) is 5.18. The van der Waals surface area contributed by atoms with Gasteiger partial charge in [0.2, 0.25) is 0 Å². The SMILES string of the molecule is CCOC(=O)N1CCN(C(=O)c2ccc(C=Cc3n[nH]c4ccccc34)cc2)CC1. The van der Waals surface area contributed by atoms with Crippen LogP contribution in [0.3, 0.4) is 0 Å². The maximum absolute atomic E-state index is 12.8. The van der Waals surface area contributed by atoms with Crippen LogP contribution in [0.5, 0.6) is 0 Å². The van der Waals surface area contributed by atoms with Gasteiger partial charge in [-0.2, -0.15) is 5.10 Å². The van der Waals surface area contributed by atoms with Crippen LogP contribution in [0.25, 0.3) is 23.1 Å². The summed E-state index contributed by atoms with van der Waals surface area (Å²) in [6, 6.07) is 15.5. The second-order valence-electron chi connectivity index (χ2n) is 7.09. The minimum atomic E-state index is -0.314. The molecule has 1 aliphatic heterocycles. The van der Waals surface area contributed by atoms with E-state index < -0.39 is 0 Å². The lowest BCUT2D eigenvalue weighted by Crippen LogP contribution is -2.50. The van der Waals surface area contributed by atoms with Gasteiger partial charge in [-0.3, -0.25) is 9.89 Å². The Labute approximate surface area is 174 Å². The highest BCUT2D eigenvalue weighted by molar-refractivity contribution is 5.95. The molecule has 2 aromatic carbocycles. The average molecular weight is 404 g/mol. The Balaban J connectivity index is 1.38. The van der Waals surface area contributed by atoms with Crippen molar-refractivity contribution in [3.8, 4) is 0 Å². The van der Waals surface area contributed by atoms with E-state index in [1.165, 1.54) is 0 Å². The summed E-state index contributed by atoms with van der Waals surface area (Å²) in [4.78, 5) is 28.0. The molecule has 7 nitrogen and oxygen atoms in total. The van der Waals surface area contributed by atoms with Crippen LogP contribution in [0.15, 0.2) is 48.5 Å². The standard InChI is InChI=1S/C23H24N4O3/c1-2-30-23(29)27-15-13-26(14-16-27)22(28)18-10-7-17(8-11-18)9-12-21-19-5-3-4-6-20(19)24-25-21/h3-12H,2,13-16H2,1H3,(H,24,25). The van der Waals surface area contributed by atoms with Gasteiger partial charge in [-0.1, -0.05) is 36.4 Å². The van der Waals surface area contributed by atoms with Gasteiger partial charge in [0, 0.05) is 37.1 Å². The fourth-order valence-corrected chi connectivity index (χ4v) is 3.51. The number of nitrogens with one attached hydrogen (secondary N) is 1. The molecule has 0 aliphatic carbocycles. The molecule has 30 heavy (non-hydrogen) atoms. The lowest BCUT2D eigenvalue weighted by Gasteiger charge is -2.34. The monoisotopic (exact) mass is 404 g/mol. The number of ether oxygens (including phenoxy) is 1. The molecule has 2 heterocycles. The smallest absolute Gasteiger partial charge is 0.409 e. The molecule has 0 radical (unpaired) electrons. The highest BCUT2D eigenvalue weighted by Crippen LogP contribution is 2.18. The minimum absolute atomic E-state index is 0.0210. The summed E-state index contributed by atoms with van der Waals surface area (Å²) in [5, 5.41) is 8.43. The Morgan fingerprint density at radius 3 is 2.43 bits per heavy atom. The first-order valence-corrected chi connectivity index (χ1v) is 10.1. The predicted molar refractivity (Wildman–Crippen MR) is 116 cm³/mol. The molecule has 1 saturated heterocycles. The first-order valence-electron chi connectivity index (χ1n) is 10.1. The van der Waals surface area contributed by atoms with Gasteiger partial charge in [0.25, 0.3) is 5.91 Å². The van der Waals surface area contributed by atoms with Crippen LogP contribution in [-0.4, -0.2) is 64.8 Å². The van der Waals surface area contributed by atoms with Crippen molar-refractivity contribution in [1.29, 1.82) is 0 Å². The molecule has 4 rings (SSSR count). The largest absolute Gasteiger partial charge is 0.450 e. The summed E-state index contributed by atoms with van der Waals surface area (Å²) in [7, 11) is 0. The minimum Gasteiger partial charge on any atom is -0.450 e. The van der Waals surface area contributed by atoms with Crippen molar-refractivity contribution in [1.82, 2.24) is 20.0 Å². The van der Waals surface area contributed by atoms with Gasteiger partial charge in [-0.15, -0.1) is 0 Å². The van der Waals surface area contributed by atoms with E-state index in [9.17, 15) is 9.59 Å². The normalized spacial score (nSPS) is 14.4. The van der Waals surface area contributed by atoms with Crippen LogP contribution in [-0.2, 0) is 4.74 Å². The molecule has 7 heteroatoms. The zero-order chi connectivity index (χ0) is 20.9. The number of amides is 2. The van der Waals surface area contributed by atoms with Gasteiger partial charge < -0.3 is 14.5 Å². The summed E-state index contributed by atoms with van der Waals surface area (Å²) in [6.45, 7) is 4.13. The third kappa shape index (κ3) is 4.20. The molecule has 2 amide bonds. The molecule has 1 fully saturated rings. The van der Waals surface area contributed by atoms with E-state index >= 15 is 0 Å². The van der Waals surface area contributed by atoms with Gasteiger partial charge in [0.15, 0.2) is 0 Å². The van der Waals surface area contributed by atoms with E-state index in [0.29, 0.717) is 38.3 Å². The van der Waals surface area contributed by atoms with Gasteiger partial charge in [-0.25, -0.2) is 4.79 Å². The molecule has 154 valence electrons. The zero-order valence-corrected chi connectivity index (χ0v) is 16.9. The second-order valence-corrected chi connectivity index (χ2v) is 7.09. The molecule has 0 unspecified atom stereocenters. The lowest BCUT2D eigenvalue weighted by molar-refractivity contribution is 0.0570. The van der Waals surface area contributed by atoms with E-state index in [4.69, 9.17) is 4.74 Å². The summed E-state index contributed by atoms with van der Waals surface area (Å²) in [6.07, 6.45) is 3.63. The summed E-state index contributed by atoms with van der Waals surface area (Å²) >= 11 is 0. The molecule has 1 aromatic heterocycles. The number of hydrogen-bond donors (Lipinski definition) is 1. The van der Waals surface area contributed by atoms with E-state index in [0.717, 1.165) is 22.2 Å². The number of H-pyrrole nitrogens is 1. The van der Waals surface area contributed by atoms with Crippen molar-refractivity contribution in [3.05, 3.63) is 65.4 Å². The fourth-order valence-electron chi connectivity index (χ4n) is 3.51. The maximum Gasteiger partial charge on any atom is 0.409 e.